The molecule has 3 heteroatoms. The molecule has 0 saturated carbocycles. The summed E-state index contributed by atoms with van der Waals surface area (Å²) in [7, 11) is 0. The molecule has 1 N–H and O–H groups in total. The molecule has 1 aromatic rings. The maximum Gasteiger partial charge on any atom is 0.262 e. The molecule has 0 atom stereocenters. The number of hydrogen-bond acceptors (Lipinski definition) is 2. The second-order valence-corrected chi connectivity index (χ2v) is 3.53. The first kappa shape index (κ1) is 12.7. The topological polar surface area (TPSA) is 52.9 Å². The lowest BCUT2D eigenvalue weighted by molar-refractivity contribution is -0.116. The standard InChI is InChI=1S/C14H14N2O/c1-3-8-16-14(17)13(10-15)9-12-7-5-4-6-11(12)2/h3-7,9H,1,8H2,2H3,(H,16,17)/b13-9+. The van der Waals surface area contributed by atoms with E-state index in [4.69, 9.17) is 5.26 Å². The summed E-state index contributed by atoms with van der Waals surface area (Å²) >= 11 is 0. The predicted octanol–water partition coefficient (Wildman–Crippen LogP) is 2.20. The molecule has 1 rings (SSSR count). The lowest BCUT2D eigenvalue weighted by Crippen LogP contribution is -2.24. The Bertz CT molecular complexity index is 495. The molecule has 3 nitrogen and oxygen atoms in total. The average molecular weight is 226 g/mol. The maximum atomic E-state index is 11.6. The molecule has 0 aliphatic rings. The van der Waals surface area contributed by atoms with Crippen LogP contribution in [0, 0.1) is 18.3 Å². The van der Waals surface area contributed by atoms with E-state index < -0.39 is 0 Å². The zero-order chi connectivity index (χ0) is 12.7. The van der Waals surface area contributed by atoms with E-state index in [1.165, 1.54) is 0 Å². The minimum absolute atomic E-state index is 0.0983. The highest BCUT2D eigenvalue weighted by atomic mass is 16.1. The summed E-state index contributed by atoms with van der Waals surface area (Å²) in [6, 6.07) is 9.49. The highest BCUT2D eigenvalue weighted by Gasteiger charge is 2.07. The summed E-state index contributed by atoms with van der Waals surface area (Å²) < 4.78 is 0. The largest absolute Gasteiger partial charge is 0.348 e. The molecule has 17 heavy (non-hydrogen) atoms. The van der Waals surface area contributed by atoms with Gasteiger partial charge in [-0.2, -0.15) is 5.26 Å². The van der Waals surface area contributed by atoms with E-state index in [0.717, 1.165) is 11.1 Å². The Balaban J connectivity index is 2.95. The molecule has 0 unspecified atom stereocenters. The molecule has 1 aromatic carbocycles. The van der Waals surface area contributed by atoms with Gasteiger partial charge in [-0.25, -0.2) is 0 Å². The minimum atomic E-state index is -0.379. The Labute approximate surface area is 101 Å². The van der Waals surface area contributed by atoms with Crippen LogP contribution in [-0.4, -0.2) is 12.5 Å². The second-order valence-electron chi connectivity index (χ2n) is 3.53. The van der Waals surface area contributed by atoms with Crippen molar-refractivity contribution in [1.82, 2.24) is 5.32 Å². The Morgan fingerprint density at radius 3 is 2.82 bits per heavy atom. The maximum absolute atomic E-state index is 11.6. The Hall–Kier alpha value is -2.34. The molecule has 0 spiro atoms. The van der Waals surface area contributed by atoms with Gasteiger partial charge < -0.3 is 5.32 Å². The fourth-order valence-electron chi connectivity index (χ4n) is 1.31. The van der Waals surface area contributed by atoms with Crippen molar-refractivity contribution in [1.29, 1.82) is 5.26 Å². The van der Waals surface area contributed by atoms with E-state index >= 15 is 0 Å². The molecule has 0 saturated heterocycles. The van der Waals surface area contributed by atoms with Crippen molar-refractivity contribution in [3.63, 3.8) is 0 Å². The van der Waals surface area contributed by atoms with Crippen LogP contribution in [-0.2, 0) is 4.79 Å². The molecule has 0 aromatic heterocycles. The van der Waals surface area contributed by atoms with Gasteiger partial charge in [0.05, 0.1) is 0 Å². The van der Waals surface area contributed by atoms with Gasteiger partial charge in [0.25, 0.3) is 5.91 Å². The molecule has 0 aliphatic carbocycles. The van der Waals surface area contributed by atoms with Gasteiger partial charge in [-0.3, -0.25) is 4.79 Å². The molecule has 86 valence electrons. The molecular formula is C14H14N2O. The Morgan fingerprint density at radius 2 is 2.24 bits per heavy atom. The van der Waals surface area contributed by atoms with Crippen LogP contribution in [0.15, 0.2) is 42.5 Å². The van der Waals surface area contributed by atoms with Crippen LogP contribution in [0.2, 0.25) is 0 Å². The number of hydrogen-bond donors (Lipinski definition) is 1. The third-order valence-electron chi connectivity index (χ3n) is 2.26. The van der Waals surface area contributed by atoms with Crippen molar-refractivity contribution in [3.8, 4) is 6.07 Å². The number of nitrogens with zero attached hydrogens (tertiary/aromatic N) is 1. The normalized spacial score (nSPS) is 10.5. The van der Waals surface area contributed by atoms with Crippen molar-refractivity contribution in [2.45, 2.75) is 6.92 Å². The lowest BCUT2D eigenvalue weighted by atomic mass is 10.1. The van der Waals surface area contributed by atoms with Crippen molar-refractivity contribution >= 4 is 12.0 Å². The highest BCUT2D eigenvalue weighted by molar-refractivity contribution is 6.01. The van der Waals surface area contributed by atoms with Crippen molar-refractivity contribution < 1.29 is 4.79 Å². The molecular weight excluding hydrogens is 212 g/mol. The van der Waals surface area contributed by atoms with E-state index in [-0.39, 0.29) is 11.5 Å². The van der Waals surface area contributed by atoms with Crippen LogP contribution in [0.4, 0.5) is 0 Å². The Morgan fingerprint density at radius 1 is 1.53 bits per heavy atom. The monoisotopic (exact) mass is 226 g/mol. The van der Waals surface area contributed by atoms with Gasteiger partial charge in [0, 0.05) is 6.54 Å². The summed E-state index contributed by atoms with van der Waals surface area (Å²) in [5, 5.41) is 11.5. The van der Waals surface area contributed by atoms with Gasteiger partial charge in [-0.1, -0.05) is 30.3 Å². The summed E-state index contributed by atoms with van der Waals surface area (Å²) in [4.78, 5) is 11.6. The predicted molar refractivity (Wildman–Crippen MR) is 68.0 cm³/mol. The van der Waals surface area contributed by atoms with Crippen LogP contribution in [0.3, 0.4) is 0 Å². The summed E-state index contributed by atoms with van der Waals surface area (Å²) in [5.41, 5.74) is 2.00. The average Bonchev–Trinajstić information content (AvgIpc) is 2.35. The fraction of sp³-hybridized carbons (Fsp3) is 0.143. The first-order chi connectivity index (χ1) is 8.19. The molecule has 0 radical (unpaired) electrons. The number of carbonyl (C=O) groups is 1. The summed E-state index contributed by atoms with van der Waals surface area (Å²) in [6.45, 7) is 5.78. The van der Waals surface area contributed by atoms with Crippen LogP contribution < -0.4 is 5.32 Å². The van der Waals surface area contributed by atoms with Crippen LogP contribution in [0.1, 0.15) is 11.1 Å². The third kappa shape index (κ3) is 3.62. The first-order valence-corrected chi connectivity index (χ1v) is 5.25. The number of nitriles is 1. The van der Waals surface area contributed by atoms with E-state index in [1.807, 2.05) is 37.3 Å². The SMILES string of the molecule is C=CCNC(=O)/C(C#N)=C/c1ccccc1C. The van der Waals surface area contributed by atoms with Gasteiger partial charge >= 0.3 is 0 Å². The van der Waals surface area contributed by atoms with Crippen molar-refractivity contribution in [2.75, 3.05) is 6.54 Å². The Kier molecular flexibility index (Phi) is 4.71. The van der Waals surface area contributed by atoms with Gasteiger partial charge in [0.15, 0.2) is 0 Å². The first-order valence-electron chi connectivity index (χ1n) is 5.25. The molecule has 0 aliphatic heterocycles. The lowest BCUT2D eigenvalue weighted by Gasteiger charge is -2.02. The number of carbonyl (C=O) groups excluding carboxylic acids is 1. The van der Waals surface area contributed by atoms with Gasteiger partial charge in [0.2, 0.25) is 0 Å². The van der Waals surface area contributed by atoms with Gasteiger partial charge in [-0.15, -0.1) is 6.58 Å². The van der Waals surface area contributed by atoms with E-state index in [1.54, 1.807) is 12.2 Å². The molecule has 0 heterocycles. The molecule has 0 bridgehead atoms. The second kappa shape index (κ2) is 6.29. The van der Waals surface area contributed by atoms with Crippen molar-refractivity contribution in [2.24, 2.45) is 0 Å². The highest BCUT2D eigenvalue weighted by Crippen LogP contribution is 2.11. The van der Waals surface area contributed by atoms with Crippen LogP contribution >= 0.6 is 0 Å². The summed E-state index contributed by atoms with van der Waals surface area (Å²) in [5.74, 6) is -0.379. The number of benzene rings is 1. The number of nitrogens with one attached hydrogen (secondary N) is 1. The van der Waals surface area contributed by atoms with E-state index in [9.17, 15) is 4.79 Å². The van der Waals surface area contributed by atoms with Gasteiger partial charge in [-0.05, 0) is 24.1 Å². The third-order valence-corrected chi connectivity index (χ3v) is 2.26. The minimum Gasteiger partial charge on any atom is -0.348 e. The zero-order valence-electron chi connectivity index (χ0n) is 9.73. The van der Waals surface area contributed by atoms with E-state index in [2.05, 4.69) is 11.9 Å². The fourth-order valence-corrected chi connectivity index (χ4v) is 1.31. The summed E-state index contributed by atoms with van der Waals surface area (Å²) in [6.07, 6.45) is 3.16. The van der Waals surface area contributed by atoms with Crippen LogP contribution in [0.25, 0.3) is 6.08 Å². The van der Waals surface area contributed by atoms with Crippen LogP contribution in [0.5, 0.6) is 0 Å². The molecule has 0 fully saturated rings. The smallest absolute Gasteiger partial charge is 0.262 e. The quantitative estimate of drug-likeness (QED) is 0.486. The number of amides is 1. The van der Waals surface area contributed by atoms with Crippen molar-refractivity contribution in [3.05, 3.63) is 53.6 Å². The number of rotatable bonds is 4. The van der Waals surface area contributed by atoms with E-state index in [0.29, 0.717) is 6.54 Å². The number of aryl methyl sites for hydroxylation is 1. The zero-order valence-corrected chi connectivity index (χ0v) is 9.73. The van der Waals surface area contributed by atoms with Gasteiger partial charge in [0.1, 0.15) is 11.6 Å². The molecule has 1 amide bonds.